The Balaban J connectivity index is 1.67. The van der Waals surface area contributed by atoms with Crippen molar-refractivity contribution in [3.63, 3.8) is 0 Å². The molecule has 0 saturated carbocycles. The minimum Gasteiger partial charge on any atom is -0.478 e. The molecular formula is C33H31N3O8S. The zero-order valence-electron chi connectivity index (χ0n) is 25.3. The molecule has 1 aromatic heterocycles. The van der Waals surface area contributed by atoms with E-state index < -0.39 is 33.1 Å². The molecule has 1 N–H and O–H groups in total. The zero-order chi connectivity index (χ0) is 32.4. The molecule has 2 aliphatic heterocycles. The van der Waals surface area contributed by atoms with E-state index >= 15 is 0 Å². The normalized spacial score (nSPS) is 17.1. The van der Waals surface area contributed by atoms with Gasteiger partial charge in [0.05, 0.1) is 11.8 Å². The molecule has 0 bridgehead atoms. The lowest BCUT2D eigenvalue weighted by Gasteiger charge is -2.40. The van der Waals surface area contributed by atoms with E-state index in [4.69, 9.17) is 9.15 Å². The number of ether oxygens (including phenoxy) is 1. The van der Waals surface area contributed by atoms with Crippen LogP contribution >= 0.6 is 0 Å². The summed E-state index contributed by atoms with van der Waals surface area (Å²) < 4.78 is 39.7. The number of carbonyl (C=O) groups excluding carboxylic acids is 1. The molecule has 45 heavy (non-hydrogen) atoms. The highest BCUT2D eigenvalue weighted by Gasteiger charge is 2.57. The summed E-state index contributed by atoms with van der Waals surface area (Å²) in [5, 5.41) is 10.4. The van der Waals surface area contributed by atoms with Crippen molar-refractivity contribution in [2.45, 2.75) is 19.4 Å². The fourth-order valence-corrected chi connectivity index (χ4v) is 7.33. The highest BCUT2D eigenvalue weighted by molar-refractivity contribution is 7.89. The number of carboxylic acid groups (broad SMARTS) is 1. The van der Waals surface area contributed by atoms with Crippen molar-refractivity contribution >= 4 is 50.0 Å². The minimum atomic E-state index is -4.28. The molecule has 6 rings (SSSR count). The van der Waals surface area contributed by atoms with Crippen LogP contribution in [0.1, 0.15) is 51.3 Å². The summed E-state index contributed by atoms with van der Waals surface area (Å²) >= 11 is 0. The van der Waals surface area contributed by atoms with Gasteiger partial charge in [0.25, 0.3) is 5.91 Å². The lowest BCUT2D eigenvalue weighted by Crippen LogP contribution is -2.48. The Morgan fingerprint density at radius 1 is 0.911 bits per heavy atom. The molecule has 1 unspecified atom stereocenters. The van der Waals surface area contributed by atoms with Crippen molar-refractivity contribution in [2.24, 2.45) is 0 Å². The summed E-state index contributed by atoms with van der Waals surface area (Å²) in [5.41, 5.74) is -0.359. The molecule has 2 aliphatic rings. The average molecular weight is 630 g/mol. The quantitative estimate of drug-likeness (QED) is 0.291. The first kappa shape index (κ1) is 29.9. The third kappa shape index (κ3) is 4.63. The molecule has 4 aromatic rings. The summed E-state index contributed by atoms with van der Waals surface area (Å²) in [7, 11) is -0.644. The van der Waals surface area contributed by atoms with Crippen LogP contribution < -0.4 is 20.2 Å². The topological polar surface area (TPSA) is 138 Å². The number of benzene rings is 3. The number of carbonyl (C=O) groups is 2. The number of anilines is 2. The van der Waals surface area contributed by atoms with E-state index in [1.54, 1.807) is 30.3 Å². The maximum Gasteiger partial charge on any atom is 0.347 e. The number of rotatable bonds is 7. The molecule has 3 aromatic carbocycles. The van der Waals surface area contributed by atoms with Gasteiger partial charge < -0.3 is 24.1 Å². The largest absolute Gasteiger partial charge is 0.478 e. The van der Waals surface area contributed by atoms with Crippen molar-refractivity contribution < 1.29 is 32.3 Å². The lowest BCUT2D eigenvalue weighted by molar-refractivity contribution is 0.0696. The van der Waals surface area contributed by atoms with Crippen molar-refractivity contribution in [3.05, 3.63) is 105 Å². The van der Waals surface area contributed by atoms with E-state index in [-0.39, 0.29) is 39.3 Å². The molecule has 12 heteroatoms. The Labute approximate surface area is 259 Å². The van der Waals surface area contributed by atoms with Crippen LogP contribution in [-0.4, -0.2) is 63.1 Å². The third-order valence-corrected chi connectivity index (χ3v) is 9.43. The number of hydrogen-bond acceptors (Lipinski definition) is 9. The zero-order valence-corrected chi connectivity index (χ0v) is 26.1. The smallest absolute Gasteiger partial charge is 0.347 e. The molecular weight excluding hydrogens is 598 g/mol. The monoisotopic (exact) mass is 629 g/mol. The van der Waals surface area contributed by atoms with Gasteiger partial charge in [0.15, 0.2) is 0 Å². The molecule has 1 atom stereocenters. The van der Waals surface area contributed by atoms with Gasteiger partial charge in [-0.2, -0.15) is 0 Å². The first-order chi connectivity index (χ1) is 21.3. The van der Waals surface area contributed by atoms with Crippen molar-refractivity contribution in [1.29, 1.82) is 0 Å². The number of fused-ring (bicyclic) bond motifs is 5. The lowest BCUT2D eigenvalue weighted by atomic mass is 9.80. The van der Waals surface area contributed by atoms with Gasteiger partial charge in [0, 0.05) is 72.8 Å². The molecule has 0 saturated heterocycles. The number of nitrogens with zero attached hydrogens (tertiary/aromatic N) is 3. The molecule has 232 valence electrons. The fourth-order valence-electron chi connectivity index (χ4n) is 6.15. The highest BCUT2D eigenvalue weighted by atomic mass is 32.2. The van der Waals surface area contributed by atoms with Crippen molar-refractivity contribution in [2.75, 3.05) is 43.2 Å². The fraction of sp³-hybridized carbons (Fsp3) is 0.242. The number of sulfonamides is 1. The van der Waals surface area contributed by atoms with Gasteiger partial charge in [0.2, 0.25) is 10.0 Å². The second-order valence-electron chi connectivity index (χ2n) is 11.2. The first-order valence-electron chi connectivity index (χ1n) is 14.3. The SMILES string of the molecule is CCN(CC)c1ccc2cc(C3=CC4(c5ccc(N(C)C)cc5O3)c3cc(C(=O)O)ccc3C(=O)N4S(C)(=O)=O)c(=O)oc2c1. The van der Waals surface area contributed by atoms with Crippen LogP contribution in [0.2, 0.25) is 0 Å². The summed E-state index contributed by atoms with van der Waals surface area (Å²) in [5.74, 6) is -1.95. The number of amides is 1. The van der Waals surface area contributed by atoms with E-state index in [0.717, 1.165) is 29.3 Å². The van der Waals surface area contributed by atoms with Crippen LogP contribution in [0.25, 0.3) is 16.7 Å². The molecule has 0 aliphatic carbocycles. The molecule has 1 amide bonds. The number of hydrogen-bond donors (Lipinski definition) is 1. The van der Waals surface area contributed by atoms with E-state index in [1.165, 1.54) is 24.3 Å². The van der Waals surface area contributed by atoms with Gasteiger partial charge in [-0.3, -0.25) is 4.79 Å². The van der Waals surface area contributed by atoms with Gasteiger partial charge in [0.1, 0.15) is 28.2 Å². The molecule has 3 heterocycles. The van der Waals surface area contributed by atoms with Gasteiger partial charge in [-0.05, 0) is 62.4 Å². The maximum atomic E-state index is 13.8. The van der Waals surface area contributed by atoms with E-state index in [1.807, 2.05) is 45.0 Å². The number of aromatic carboxylic acids is 1. The third-order valence-electron chi connectivity index (χ3n) is 8.31. The van der Waals surface area contributed by atoms with Crippen molar-refractivity contribution in [3.8, 4) is 5.75 Å². The predicted molar refractivity (Wildman–Crippen MR) is 171 cm³/mol. The van der Waals surface area contributed by atoms with Crippen LogP contribution in [0.15, 0.2) is 76.0 Å². The molecule has 1 spiro atoms. The van der Waals surface area contributed by atoms with Gasteiger partial charge in [-0.15, -0.1) is 0 Å². The molecule has 0 fully saturated rings. The Morgan fingerprint density at radius 3 is 2.27 bits per heavy atom. The van der Waals surface area contributed by atoms with Crippen LogP contribution in [0, 0.1) is 0 Å². The number of carboxylic acids is 1. The standard InChI is InChI=1S/C33H31N3O8S/c1-6-35(7-2)22-10-8-19-14-24(32(40)44-27(19)17-22)29-18-33(25-13-11-21(34(3)4)16-28(25)43-29)26-15-20(31(38)39)9-12-23(26)30(37)36(33)45(5,41)42/h8-18H,6-7H2,1-5H3,(H,38,39). The highest BCUT2D eigenvalue weighted by Crippen LogP contribution is 2.54. The van der Waals surface area contributed by atoms with Crippen LogP contribution in [-0.2, 0) is 15.6 Å². The van der Waals surface area contributed by atoms with Gasteiger partial charge >= 0.3 is 11.6 Å². The van der Waals surface area contributed by atoms with Gasteiger partial charge in [-0.1, -0.05) is 6.07 Å². The van der Waals surface area contributed by atoms with Crippen LogP contribution in [0.5, 0.6) is 5.75 Å². The Morgan fingerprint density at radius 2 is 1.62 bits per heavy atom. The van der Waals surface area contributed by atoms with Crippen LogP contribution in [0.3, 0.4) is 0 Å². The minimum absolute atomic E-state index is 0.00195. The van der Waals surface area contributed by atoms with Crippen molar-refractivity contribution in [1.82, 2.24) is 4.31 Å². The first-order valence-corrected chi connectivity index (χ1v) is 16.1. The van der Waals surface area contributed by atoms with E-state index in [2.05, 4.69) is 4.90 Å². The predicted octanol–water partition coefficient (Wildman–Crippen LogP) is 4.50. The van der Waals surface area contributed by atoms with E-state index in [0.29, 0.717) is 16.7 Å². The second kappa shape index (κ2) is 10.5. The molecule has 0 radical (unpaired) electrons. The Kier molecular flexibility index (Phi) is 7.00. The van der Waals surface area contributed by atoms with E-state index in [9.17, 15) is 27.9 Å². The van der Waals surface area contributed by atoms with Crippen LogP contribution in [0.4, 0.5) is 11.4 Å². The second-order valence-corrected chi connectivity index (χ2v) is 13.0. The Bertz CT molecular complexity index is 2110. The summed E-state index contributed by atoms with van der Waals surface area (Å²) in [6.45, 7) is 5.59. The summed E-state index contributed by atoms with van der Waals surface area (Å²) in [6.07, 6.45) is 2.30. The Hall–Kier alpha value is -5.10. The summed E-state index contributed by atoms with van der Waals surface area (Å²) in [6, 6.07) is 16.0. The van der Waals surface area contributed by atoms with Gasteiger partial charge in [-0.25, -0.2) is 22.3 Å². The molecule has 11 nitrogen and oxygen atoms in total. The summed E-state index contributed by atoms with van der Waals surface area (Å²) in [4.78, 5) is 43.4. The maximum absolute atomic E-state index is 13.8. The average Bonchev–Trinajstić information content (AvgIpc) is 3.24.